The van der Waals surface area contributed by atoms with Gasteiger partial charge in [0.25, 0.3) is 0 Å². The summed E-state index contributed by atoms with van der Waals surface area (Å²) in [4.78, 5) is 11.0. The molecule has 2 heteroatoms. The number of rotatable bonds is 3. The van der Waals surface area contributed by atoms with Gasteiger partial charge in [-0.15, -0.1) is 0 Å². The van der Waals surface area contributed by atoms with Crippen LogP contribution in [-0.2, 0) is 9.53 Å². The number of carbonyl (C=O) groups is 1. The fourth-order valence-corrected chi connectivity index (χ4v) is 1.02. The van der Waals surface area contributed by atoms with Crippen molar-refractivity contribution in [1.29, 1.82) is 0 Å². The van der Waals surface area contributed by atoms with Crippen LogP contribution in [0.15, 0.2) is 36.5 Å². The summed E-state index contributed by atoms with van der Waals surface area (Å²) in [6, 6.07) is 0. The first kappa shape index (κ1) is 8.78. The molecule has 0 aromatic carbocycles. The van der Waals surface area contributed by atoms with Crippen molar-refractivity contribution in [2.24, 2.45) is 0 Å². The van der Waals surface area contributed by atoms with E-state index in [-0.39, 0.29) is 12.6 Å². The number of hydrogen-bond donors (Lipinski definition) is 0. The molecule has 1 aliphatic rings. The molecular weight excluding hydrogens is 152 g/mol. The maximum atomic E-state index is 11.0. The van der Waals surface area contributed by atoms with Gasteiger partial charge in [-0.1, -0.05) is 24.8 Å². The quantitative estimate of drug-likeness (QED) is 0.362. The van der Waals surface area contributed by atoms with Gasteiger partial charge in [-0.2, -0.15) is 0 Å². The highest BCUT2D eigenvalue weighted by Crippen LogP contribution is 2.15. The third kappa shape index (κ3) is 2.74. The number of ether oxygens (including phenoxy) is 1. The predicted octanol–water partition coefficient (Wildman–Crippen LogP) is 1.99. The molecule has 0 spiro atoms. The van der Waals surface area contributed by atoms with E-state index in [9.17, 15) is 4.79 Å². The highest BCUT2D eigenvalue weighted by molar-refractivity contribution is 5.83. The van der Waals surface area contributed by atoms with E-state index < -0.39 is 0 Å². The molecule has 0 saturated carbocycles. The van der Waals surface area contributed by atoms with Crippen LogP contribution in [0.4, 0.5) is 0 Å². The molecule has 64 valence electrons. The lowest BCUT2D eigenvalue weighted by atomic mass is 10.2. The average Bonchev–Trinajstić information content (AvgIpc) is 2.53. The standard InChI is InChI=1S/C10H12O2/c1-2-7-12-10(11)8-9-5-3-4-6-9/h2-3,5,8H,1,4,6-7H2. The van der Waals surface area contributed by atoms with Crippen molar-refractivity contribution in [3.8, 4) is 0 Å². The Morgan fingerprint density at radius 1 is 1.75 bits per heavy atom. The topological polar surface area (TPSA) is 26.3 Å². The summed E-state index contributed by atoms with van der Waals surface area (Å²) in [5, 5.41) is 0. The molecule has 0 aliphatic heterocycles. The molecule has 1 aliphatic carbocycles. The molecule has 0 amide bonds. The molecule has 0 heterocycles. The summed E-state index contributed by atoms with van der Waals surface area (Å²) < 4.78 is 4.79. The van der Waals surface area contributed by atoms with E-state index >= 15 is 0 Å². The minimum absolute atomic E-state index is 0.281. The molecule has 1 rings (SSSR count). The number of esters is 1. The summed E-state index contributed by atoms with van der Waals surface area (Å²) >= 11 is 0. The normalized spacial score (nSPS) is 18.2. The second-order valence-corrected chi connectivity index (χ2v) is 2.58. The summed E-state index contributed by atoms with van der Waals surface area (Å²) in [5.74, 6) is -0.281. The smallest absolute Gasteiger partial charge is 0.331 e. The van der Waals surface area contributed by atoms with Crippen LogP contribution in [0, 0.1) is 0 Å². The zero-order valence-electron chi connectivity index (χ0n) is 6.95. The van der Waals surface area contributed by atoms with Crippen molar-refractivity contribution >= 4 is 5.97 Å². The van der Waals surface area contributed by atoms with Gasteiger partial charge in [0.2, 0.25) is 0 Å². The lowest BCUT2D eigenvalue weighted by Gasteiger charge is -1.96. The summed E-state index contributed by atoms with van der Waals surface area (Å²) in [5.41, 5.74) is 1.05. The van der Waals surface area contributed by atoms with Gasteiger partial charge in [0.05, 0.1) is 0 Å². The zero-order valence-corrected chi connectivity index (χ0v) is 6.95. The van der Waals surface area contributed by atoms with Crippen molar-refractivity contribution in [3.63, 3.8) is 0 Å². The monoisotopic (exact) mass is 164 g/mol. The van der Waals surface area contributed by atoms with Crippen molar-refractivity contribution in [1.82, 2.24) is 0 Å². The molecule has 0 bridgehead atoms. The molecule has 0 N–H and O–H groups in total. The largest absolute Gasteiger partial charge is 0.458 e. The Bertz CT molecular complexity index is 236. The van der Waals surface area contributed by atoms with Crippen LogP contribution in [0.1, 0.15) is 12.8 Å². The molecule has 0 aromatic heterocycles. The number of hydrogen-bond acceptors (Lipinski definition) is 2. The maximum Gasteiger partial charge on any atom is 0.331 e. The summed E-state index contributed by atoms with van der Waals surface area (Å²) in [6.07, 6.45) is 9.07. The summed E-state index contributed by atoms with van der Waals surface area (Å²) in [6.45, 7) is 3.74. The molecule has 0 fully saturated rings. The molecule has 0 aromatic rings. The predicted molar refractivity (Wildman–Crippen MR) is 47.6 cm³/mol. The van der Waals surface area contributed by atoms with Crippen molar-refractivity contribution < 1.29 is 9.53 Å². The minimum atomic E-state index is -0.281. The van der Waals surface area contributed by atoms with Crippen LogP contribution in [0.25, 0.3) is 0 Å². The highest BCUT2D eigenvalue weighted by atomic mass is 16.5. The average molecular weight is 164 g/mol. The van der Waals surface area contributed by atoms with Gasteiger partial charge in [-0.3, -0.25) is 0 Å². The lowest BCUT2D eigenvalue weighted by molar-refractivity contribution is -0.136. The van der Waals surface area contributed by atoms with Gasteiger partial charge >= 0.3 is 5.97 Å². The van der Waals surface area contributed by atoms with Crippen LogP contribution in [0.2, 0.25) is 0 Å². The number of carbonyl (C=O) groups excluding carboxylic acids is 1. The Morgan fingerprint density at radius 2 is 2.58 bits per heavy atom. The van der Waals surface area contributed by atoms with E-state index in [4.69, 9.17) is 4.74 Å². The third-order valence-electron chi connectivity index (χ3n) is 1.58. The maximum absolute atomic E-state index is 11.0. The lowest BCUT2D eigenvalue weighted by Crippen LogP contribution is -2.00. The van der Waals surface area contributed by atoms with Crippen LogP contribution >= 0.6 is 0 Å². The Hall–Kier alpha value is -1.31. The van der Waals surface area contributed by atoms with Gasteiger partial charge in [-0.05, 0) is 18.4 Å². The first-order valence-electron chi connectivity index (χ1n) is 3.97. The van der Waals surface area contributed by atoms with Crippen LogP contribution < -0.4 is 0 Å². The van der Waals surface area contributed by atoms with Gasteiger partial charge < -0.3 is 4.74 Å². The summed E-state index contributed by atoms with van der Waals surface area (Å²) in [7, 11) is 0. The van der Waals surface area contributed by atoms with E-state index in [1.54, 1.807) is 6.08 Å². The van der Waals surface area contributed by atoms with Crippen molar-refractivity contribution in [3.05, 3.63) is 36.5 Å². The molecule has 12 heavy (non-hydrogen) atoms. The first-order chi connectivity index (χ1) is 5.83. The Labute approximate surface area is 72.2 Å². The zero-order chi connectivity index (χ0) is 8.81. The van der Waals surface area contributed by atoms with Crippen LogP contribution in [0.5, 0.6) is 0 Å². The van der Waals surface area contributed by atoms with Crippen LogP contribution in [0.3, 0.4) is 0 Å². The number of allylic oxidation sites excluding steroid dienone is 3. The van der Waals surface area contributed by atoms with E-state index in [0.717, 1.165) is 18.4 Å². The van der Waals surface area contributed by atoms with Crippen molar-refractivity contribution in [2.75, 3.05) is 6.61 Å². The minimum Gasteiger partial charge on any atom is -0.458 e. The van der Waals surface area contributed by atoms with Gasteiger partial charge in [0.1, 0.15) is 6.61 Å². The SMILES string of the molecule is C=CCOC(=O)C=C1C=CCC1. The van der Waals surface area contributed by atoms with E-state index in [1.165, 1.54) is 6.08 Å². The van der Waals surface area contributed by atoms with Gasteiger partial charge in [0, 0.05) is 6.08 Å². The fraction of sp³-hybridized carbons (Fsp3) is 0.300. The fourth-order valence-electron chi connectivity index (χ4n) is 1.02. The second-order valence-electron chi connectivity index (χ2n) is 2.58. The van der Waals surface area contributed by atoms with E-state index in [2.05, 4.69) is 6.58 Å². The highest BCUT2D eigenvalue weighted by Gasteiger charge is 2.02. The van der Waals surface area contributed by atoms with Gasteiger partial charge in [-0.25, -0.2) is 4.79 Å². The van der Waals surface area contributed by atoms with Gasteiger partial charge in [0.15, 0.2) is 0 Å². The molecule has 0 atom stereocenters. The molecular formula is C10H12O2. The first-order valence-corrected chi connectivity index (χ1v) is 3.97. The Morgan fingerprint density at radius 3 is 3.17 bits per heavy atom. The molecule has 2 nitrogen and oxygen atoms in total. The molecule has 0 unspecified atom stereocenters. The van der Waals surface area contributed by atoms with E-state index in [1.807, 2.05) is 12.2 Å². The Balaban J connectivity index is 2.38. The van der Waals surface area contributed by atoms with Crippen LogP contribution in [-0.4, -0.2) is 12.6 Å². The third-order valence-corrected chi connectivity index (χ3v) is 1.58. The molecule has 0 radical (unpaired) electrons. The molecule has 0 saturated heterocycles. The Kier molecular flexibility index (Phi) is 3.33. The van der Waals surface area contributed by atoms with E-state index in [0.29, 0.717) is 0 Å². The second kappa shape index (κ2) is 4.54. The van der Waals surface area contributed by atoms with Crippen molar-refractivity contribution in [2.45, 2.75) is 12.8 Å².